The molecule has 2 aliphatic heterocycles. The van der Waals surface area contributed by atoms with Crippen molar-refractivity contribution in [1.82, 2.24) is 24.8 Å². The Morgan fingerprint density at radius 1 is 0.970 bits per heavy atom. The van der Waals surface area contributed by atoms with Gasteiger partial charge in [-0.15, -0.1) is 0 Å². The van der Waals surface area contributed by atoms with Crippen LogP contribution in [0.5, 0.6) is 0 Å². The van der Waals surface area contributed by atoms with Gasteiger partial charge in [-0.3, -0.25) is 9.59 Å². The normalized spacial score (nSPS) is 19.2. The quantitative estimate of drug-likeness (QED) is 0.505. The van der Waals surface area contributed by atoms with Crippen LogP contribution in [0, 0.1) is 0 Å². The SMILES string of the molecule is O=C(c1ccc2[nH]c(-c3nc4ccccc4[nH]c3=O)cc2c1)N1CCCC1CN1CCCC1. The summed E-state index contributed by atoms with van der Waals surface area (Å²) in [6.07, 6.45) is 4.68. The predicted molar refractivity (Wildman–Crippen MR) is 129 cm³/mol. The molecule has 0 saturated carbocycles. The molecule has 7 nitrogen and oxygen atoms in total. The minimum Gasteiger partial charge on any atom is -0.353 e. The van der Waals surface area contributed by atoms with E-state index in [0.29, 0.717) is 28.5 Å². The van der Waals surface area contributed by atoms with Gasteiger partial charge in [-0.05, 0) is 75.2 Å². The van der Waals surface area contributed by atoms with Gasteiger partial charge in [0.1, 0.15) is 0 Å². The number of benzene rings is 2. The maximum atomic E-state index is 13.4. The van der Waals surface area contributed by atoms with E-state index in [2.05, 4.69) is 24.8 Å². The number of hydrogen-bond acceptors (Lipinski definition) is 4. The number of amides is 1. The second kappa shape index (κ2) is 8.15. The van der Waals surface area contributed by atoms with Crippen molar-refractivity contribution in [1.29, 1.82) is 0 Å². The fourth-order valence-corrected chi connectivity index (χ4v) is 5.33. The van der Waals surface area contributed by atoms with E-state index in [1.165, 1.54) is 12.8 Å². The number of aromatic amines is 2. The van der Waals surface area contributed by atoms with Crippen LogP contribution < -0.4 is 5.56 Å². The second-order valence-electron chi connectivity index (χ2n) is 9.22. The standard InChI is InChI=1S/C26H27N5O2/c32-25-24(28-21-7-1-2-8-22(21)29-25)23-15-18-14-17(9-10-20(18)27-23)26(33)31-13-5-6-19(31)16-30-11-3-4-12-30/h1-2,7-10,14-15,19,27H,3-6,11-13,16H2,(H,29,32). The van der Waals surface area contributed by atoms with Crippen molar-refractivity contribution in [2.45, 2.75) is 31.7 Å². The van der Waals surface area contributed by atoms with Gasteiger partial charge in [0.25, 0.3) is 11.5 Å². The van der Waals surface area contributed by atoms with E-state index in [1.807, 2.05) is 48.5 Å². The van der Waals surface area contributed by atoms with E-state index in [0.717, 1.165) is 55.4 Å². The highest BCUT2D eigenvalue weighted by atomic mass is 16.2. The summed E-state index contributed by atoms with van der Waals surface area (Å²) < 4.78 is 0. The van der Waals surface area contributed by atoms with Crippen molar-refractivity contribution in [3.8, 4) is 11.4 Å². The molecule has 2 N–H and O–H groups in total. The zero-order valence-corrected chi connectivity index (χ0v) is 18.5. The number of carbonyl (C=O) groups excluding carboxylic acids is 1. The molecular weight excluding hydrogens is 414 g/mol. The van der Waals surface area contributed by atoms with Gasteiger partial charge in [0.15, 0.2) is 5.69 Å². The first-order chi connectivity index (χ1) is 16.2. The van der Waals surface area contributed by atoms with Crippen LogP contribution in [0.4, 0.5) is 0 Å². The van der Waals surface area contributed by atoms with E-state index < -0.39 is 0 Å². The Labute approximate surface area is 191 Å². The summed E-state index contributed by atoms with van der Waals surface area (Å²) in [6, 6.07) is 15.4. The number of fused-ring (bicyclic) bond motifs is 2. The van der Waals surface area contributed by atoms with Crippen LogP contribution in [0.15, 0.2) is 53.3 Å². The highest BCUT2D eigenvalue weighted by Gasteiger charge is 2.31. The van der Waals surface area contributed by atoms with Gasteiger partial charge in [-0.25, -0.2) is 4.98 Å². The first kappa shape index (κ1) is 20.2. The Hall–Kier alpha value is -3.45. The largest absolute Gasteiger partial charge is 0.353 e. The predicted octanol–water partition coefficient (Wildman–Crippen LogP) is 3.77. The Bertz CT molecular complexity index is 1400. The lowest BCUT2D eigenvalue weighted by atomic mass is 10.1. The molecule has 0 spiro atoms. The number of aromatic nitrogens is 3. The minimum absolute atomic E-state index is 0.100. The van der Waals surface area contributed by atoms with E-state index in [1.54, 1.807) is 0 Å². The molecule has 2 saturated heterocycles. The summed E-state index contributed by atoms with van der Waals surface area (Å²) in [6.45, 7) is 4.11. The number of nitrogens with zero attached hydrogens (tertiary/aromatic N) is 3. The van der Waals surface area contributed by atoms with Gasteiger partial charge < -0.3 is 19.8 Å². The van der Waals surface area contributed by atoms with Crippen molar-refractivity contribution in [2.75, 3.05) is 26.2 Å². The molecule has 1 atom stereocenters. The molecule has 1 amide bonds. The lowest BCUT2D eigenvalue weighted by Crippen LogP contribution is -2.42. The molecule has 0 bridgehead atoms. The average molecular weight is 442 g/mol. The Balaban J connectivity index is 1.29. The number of rotatable bonds is 4. The van der Waals surface area contributed by atoms with Gasteiger partial charge in [0.2, 0.25) is 0 Å². The molecule has 33 heavy (non-hydrogen) atoms. The van der Waals surface area contributed by atoms with Crippen molar-refractivity contribution in [3.05, 3.63) is 64.4 Å². The van der Waals surface area contributed by atoms with Crippen LogP contribution in [0.25, 0.3) is 33.3 Å². The minimum atomic E-state index is -0.238. The average Bonchev–Trinajstić information content (AvgIpc) is 3.59. The third-order valence-electron chi connectivity index (χ3n) is 7.03. The van der Waals surface area contributed by atoms with Gasteiger partial charge in [0, 0.05) is 35.6 Å². The fourth-order valence-electron chi connectivity index (χ4n) is 5.33. The van der Waals surface area contributed by atoms with Crippen molar-refractivity contribution in [3.63, 3.8) is 0 Å². The molecule has 4 aromatic rings. The first-order valence-electron chi connectivity index (χ1n) is 11.8. The third kappa shape index (κ3) is 3.72. The van der Waals surface area contributed by atoms with Gasteiger partial charge in [0.05, 0.1) is 16.7 Å². The smallest absolute Gasteiger partial charge is 0.276 e. The molecule has 7 heteroatoms. The third-order valence-corrected chi connectivity index (χ3v) is 7.03. The maximum absolute atomic E-state index is 13.4. The number of para-hydroxylation sites is 2. The van der Waals surface area contributed by atoms with Crippen LogP contribution in [-0.4, -0.2) is 62.9 Å². The Morgan fingerprint density at radius 3 is 2.70 bits per heavy atom. The lowest BCUT2D eigenvalue weighted by molar-refractivity contribution is 0.0709. The lowest BCUT2D eigenvalue weighted by Gasteiger charge is -2.28. The molecule has 0 aliphatic carbocycles. The molecule has 2 fully saturated rings. The molecule has 1 unspecified atom stereocenters. The number of likely N-dealkylation sites (tertiary alicyclic amines) is 2. The summed E-state index contributed by atoms with van der Waals surface area (Å²) >= 11 is 0. The highest BCUT2D eigenvalue weighted by molar-refractivity contribution is 5.99. The van der Waals surface area contributed by atoms with Crippen LogP contribution in [0.2, 0.25) is 0 Å². The second-order valence-corrected chi connectivity index (χ2v) is 9.22. The number of carbonyl (C=O) groups is 1. The van der Waals surface area contributed by atoms with E-state index >= 15 is 0 Å². The fraction of sp³-hybridized carbons (Fsp3) is 0.346. The summed E-state index contributed by atoms with van der Waals surface area (Å²) in [5.74, 6) is 0.100. The summed E-state index contributed by atoms with van der Waals surface area (Å²) in [4.78, 5) is 41.3. The van der Waals surface area contributed by atoms with Crippen LogP contribution in [0.1, 0.15) is 36.0 Å². The van der Waals surface area contributed by atoms with E-state index in [-0.39, 0.29) is 11.5 Å². The summed E-state index contributed by atoms with van der Waals surface area (Å²) in [7, 11) is 0. The topological polar surface area (TPSA) is 85.1 Å². The van der Waals surface area contributed by atoms with Gasteiger partial charge in [-0.2, -0.15) is 0 Å². The van der Waals surface area contributed by atoms with Crippen molar-refractivity contribution < 1.29 is 4.79 Å². The van der Waals surface area contributed by atoms with E-state index in [4.69, 9.17) is 0 Å². The molecule has 2 aromatic heterocycles. The molecule has 2 aromatic carbocycles. The van der Waals surface area contributed by atoms with E-state index in [9.17, 15) is 9.59 Å². The molecule has 6 rings (SSSR count). The monoisotopic (exact) mass is 441 g/mol. The number of nitrogens with one attached hydrogen (secondary N) is 2. The molecule has 4 heterocycles. The summed E-state index contributed by atoms with van der Waals surface area (Å²) in [5, 5.41) is 0.903. The number of hydrogen-bond donors (Lipinski definition) is 2. The van der Waals surface area contributed by atoms with Gasteiger partial charge in [-0.1, -0.05) is 12.1 Å². The number of H-pyrrole nitrogens is 2. The zero-order valence-electron chi connectivity index (χ0n) is 18.5. The molecule has 2 aliphatic rings. The zero-order chi connectivity index (χ0) is 22.4. The van der Waals surface area contributed by atoms with Gasteiger partial charge >= 0.3 is 0 Å². The Morgan fingerprint density at radius 2 is 1.82 bits per heavy atom. The molecule has 168 valence electrons. The van der Waals surface area contributed by atoms with Crippen LogP contribution in [-0.2, 0) is 0 Å². The van der Waals surface area contributed by atoms with Crippen molar-refractivity contribution >= 4 is 27.8 Å². The van der Waals surface area contributed by atoms with Crippen LogP contribution in [0.3, 0.4) is 0 Å². The van der Waals surface area contributed by atoms with Crippen LogP contribution >= 0.6 is 0 Å². The molecule has 0 radical (unpaired) electrons. The highest BCUT2D eigenvalue weighted by Crippen LogP contribution is 2.26. The maximum Gasteiger partial charge on any atom is 0.276 e. The first-order valence-corrected chi connectivity index (χ1v) is 11.8. The summed E-state index contributed by atoms with van der Waals surface area (Å²) in [5.41, 5.74) is 3.78. The Kier molecular flexibility index (Phi) is 4.99. The molecular formula is C26H27N5O2. The van der Waals surface area contributed by atoms with Crippen molar-refractivity contribution in [2.24, 2.45) is 0 Å².